The summed E-state index contributed by atoms with van der Waals surface area (Å²) in [6.07, 6.45) is 3.89. The van der Waals surface area contributed by atoms with Crippen molar-refractivity contribution in [3.05, 3.63) is 64.9 Å². The number of benzene rings is 1. The van der Waals surface area contributed by atoms with Crippen molar-refractivity contribution in [1.29, 1.82) is 0 Å². The third kappa shape index (κ3) is 3.05. The van der Waals surface area contributed by atoms with Crippen molar-refractivity contribution in [2.24, 2.45) is 0 Å². The summed E-state index contributed by atoms with van der Waals surface area (Å²) in [7, 11) is 0. The largest absolute Gasteiger partial charge is 0.385 e. The van der Waals surface area contributed by atoms with Gasteiger partial charge in [-0.2, -0.15) is 0 Å². The molecule has 2 aromatic rings. The minimum Gasteiger partial charge on any atom is -0.385 e. The number of nitrogens with zero attached hydrogens (tertiary/aromatic N) is 1. The van der Waals surface area contributed by atoms with Gasteiger partial charge in [-0.3, -0.25) is 4.98 Å². The van der Waals surface area contributed by atoms with E-state index in [4.69, 9.17) is 11.6 Å². The van der Waals surface area contributed by atoms with Gasteiger partial charge < -0.3 is 5.11 Å². The van der Waals surface area contributed by atoms with Crippen LogP contribution in [0.2, 0.25) is 5.02 Å². The van der Waals surface area contributed by atoms with Crippen molar-refractivity contribution in [3.8, 4) is 0 Å². The van der Waals surface area contributed by atoms with Gasteiger partial charge in [0.1, 0.15) is 0 Å². The molecule has 1 unspecified atom stereocenters. The van der Waals surface area contributed by atoms with Gasteiger partial charge in [0.2, 0.25) is 0 Å². The maximum Gasteiger partial charge on any atom is 0.0923 e. The molecule has 0 aliphatic rings. The van der Waals surface area contributed by atoms with E-state index in [1.807, 2.05) is 36.4 Å². The van der Waals surface area contributed by atoms with Gasteiger partial charge in [0.25, 0.3) is 0 Å². The predicted molar refractivity (Wildman–Crippen MR) is 69.0 cm³/mol. The Morgan fingerprint density at radius 3 is 2.76 bits per heavy atom. The number of rotatable bonds is 3. The second-order valence-electron chi connectivity index (χ2n) is 4.32. The van der Waals surface area contributed by atoms with Crippen LogP contribution in [-0.2, 0) is 12.0 Å². The van der Waals surface area contributed by atoms with Crippen molar-refractivity contribution in [2.75, 3.05) is 0 Å². The van der Waals surface area contributed by atoms with Gasteiger partial charge >= 0.3 is 0 Å². The van der Waals surface area contributed by atoms with Crippen LogP contribution in [0.25, 0.3) is 0 Å². The van der Waals surface area contributed by atoms with E-state index in [0.29, 0.717) is 11.4 Å². The zero-order valence-corrected chi connectivity index (χ0v) is 10.4. The third-order valence-electron chi connectivity index (χ3n) is 2.72. The van der Waals surface area contributed by atoms with Gasteiger partial charge in [-0.05, 0) is 30.7 Å². The molecular weight excluding hydrogens is 234 g/mol. The molecule has 1 N–H and O–H groups in total. The monoisotopic (exact) mass is 247 g/mol. The molecule has 88 valence electrons. The normalized spacial score (nSPS) is 14.3. The summed E-state index contributed by atoms with van der Waals surface area (Å²) in [4.78, 5) is 4.02. The summed E-state index contributed by atoms with van der Waals surface area (Å²) in [6.45, 7) is 1.78. The first-order valence-corrected chi connectivity index (χ1v) is 5.83. The van der Waals surface area contributed by atoms with Gasteiger partial charge in [0, 0.05) is 29.4 Å². The quantitative estimate of drug-likeness (QED) is 0.904. The fourth-order valence-electron chi connectivity index (χ4n) is 1.83. The maximum absolute atomic E-state index is 10.4. The van der Waals surface area contributed by atoms with Gasteiger partial charge in [-0.25, -0.2) is 0 Å². The average Bonchev–Trinajstić information content (AvgIpc) is 2.29. The summed E-state index contributed by atoms with van der Waals surface area (Å²) in [6, 6.07) is 11.2. The van der Waals surface area contributed by atoms with Crippen molar-refractivity contribution in [1.82, 2.24) is 4.98 Å². The lowest BCUT2D eigenvalue weighted by atomic mass is 9.90. The Hall–Kier alpha value is -1.38. The smallest absolute Gasteiger partial charge is 0.0923 e. The Bertz CT molecular complexity index is 497. The summed E-state index contributed by atoms with van der Waals surface area (Å²) in [5.41, 5.74) is 0.880. The molecule has 1 heterocycles. The summed E-state index contributed by atoms with van der Waals surface area (Å²) < 4.78 is 0. The van der Waals surface area contributed by atoms with E-state index in [2.05, 4.69) is 4.98 Å². The molecular formula is C14H14ClNO. The van der Waals surface area contributed by atoms with E-state index in [0.717, 1.165) is 11.1 Å². The topological polar surface area (TPSA) is 33.1 Å². The van der Waals surface area contributed by atoms with E-state index in [9.17, 15) is 5.11 Å². The highest BCUT2D eigenvalue weighted by molar-refractivity contribution is 6.30. The van der Waals surface area contributed by atoms with Crippen LogP contribution < -0.4 is 0 Å². The van der Waals surface area contributed by atoms with Crippen LogP contribution >= 0.6 is 11.6 Å². The molecule has 0 aliphatic carbocycles. The summed E-state index contributed by atoms with van der Waals surface area (Å²) >= 11 is 5.93. The van der Waals surface area contributed by atoms with E-state index < -0.39 is 5.60 Å². The molecule has 17 heavy (non-hydrogen) atoms. The minimum atomic E-state index is -0.932. The SMILES string of the molecule is CC(O)(Cc1cccc(Cl)c1)c1cccnc1. The highest BCUT2D eigenvalue weighted by Crippen LogP contribution is 2.25. The van der Waals surface area contributed by atoms with Crippen LogP contribution in [0.4, 0.5) is 0 Å². The van der Waals surface area contributed by atoms with Crippen LogP contribution in [0.1, 0.15) is 18.1 Å². The Morgan fingerprint density at radius 1 is 1.29 bits per heavy atom. The first kappa shape index (κ1) is 12.1. The molecule has 0 saturated heterocycles. The molecule has 0 saturated carbocycles. The zero-order valence-electron chi connectivity index (χ0n) is 9.60. The van der Waals surface area contributed by atoms with Crippen LogP contribution in [0.3, 0.4) is 0 Å². The number of halogens is 1. The van der Waals surface area contributed by atoms with Crippen molar-refractivity contribution in [2.45, 2.75) is 18.9 Å². The molecule has 0 fully saturated rings. The summed E-state index contributed by atoms with van der Waals surface area (Å²) in [5.74, 6) is 0. The Kier molecular flexibility index (Phi) is 3.46. The highest BCUT2D eigenvalue weighted by atomic mass is 35.5. The van der Waals surface area contributed by atoms with Crippen LogP contribution in [0, 0.1) is 0 Å². The third-order valence-corrected chi connectivity index (χ3v) is 2.96. The lowest BCUT2D eigenvalue weighted by molar-refractivity contribution is 0.0573. The first-order valence-electron chi connectivity index (χ1n) is 5.45. The molecule has 1 aromatic heterocycles. The number of aliphatic hydroxyl groups is 1. The van der Waals surface area contributed by atoms with E-state index >= 15 is 0 Å². The minimum absolute atomic E-state index is 0.513. The molecule has 0 aliphatic heterocycles. The predicted octanol–water partition coefficient (Wildman–Crippen LogP) is 3.19. The van der Waals surface area contributed by atoms with Crippen molar-refractivity contribution in [3.63, 3.8) is 0 Å². The highest BCUT2D eigenvalue weighted by Gasteiger charge is 2.23. The molecule has 0 radical (unpaired) electrons. The molecule has 3 heteroatoms. The lowest BCUT2D eigenvalue weighted by Crippen LogP contribution is -2.24. The number of hydrogen-bond donors (Lipinski definition) is 1. The van der Waals surface area contributed by atoms with Gasteiger partial charge in [0.15, 0.2) is 0 Å². The van der Waals surface area contributed by atoms with E-state index in [-0.39, 0.29) is 0 Å². The zero-order chi connectivity index (χ0) is 12.3. The standard InChI is InChI=1S/C14H14ClNO/c1-14(17,12-5-3-7-16-10-12)9-11-4-2-6-13(15)8-11/h2-8,10,17H,9H2,1H3. The fourth-order valence-corrected chi connectivity index (χ4v) is 2.04. The van der Waals surface area contributed by atoms with Crippen LogP contribution in [0.5, 0.6) is 0 Å². The Labute approximate surface area is 106 Å². The number of hydrogen-bond acceptors (Lipinski definition) is 2. The molecule has 1 aromatic carbocycles. The van der Waals surface area contributed by atoms with Crippen molar-refractivity contribution >= 4 is 11.6 Å². The molecule has 0 spiro atoms. The molecule has 0 bridgehead atoms. The van der Waals surface area contributed by atoms with Crippen LogP contribution in [0.15, 0.2) is 48.8 Å². The van der Waals surface area contributed by atoms with Gasteiger partial charge in [-0.15, -0.1) is 0 Å². The van der Waals surface area contributed by atoms with Gasteiger partial charge in [-0.1, -0.05) is 29.8 Å². The second kappa shape index (κ2) is 4.86. The number of aromatic nitrogens is 1. The second-order valence-corrected chi connectivity index (χ2v) is 4.76. The summed E-state index contributed by atoms with van der Waals surface area (Å²) in [5, 5.41) is 11.1. The molecule has 1 atom stereocenters. The average molecular weight is 248 g/mol. The Balaban J connectivity index is 2.23. The maximum atomic E-state index is 10.4. The molecule has 0 amide bonds. The van der Waals surface area contributed by atoms with Crippen LogP contribution in [-0.4, -0.2) is 10.1 Å². The van der Waals surface area contributed by atoms with Gasteiger partial charge in [0.05, 0.1) is 5.60 Å². The molecule has 2 rings (SSSR count). The lowest BCUT2D eigenvalue weighted by Gasteiger charge is -2.23. The number of pyridine rings is 1. The van der Waals surface area contributed by atoms with E-state index in [1.54, 1.807) is 19.3 Å². The molecule has 2 nitrogen and oxygen atoms in total. The first-order chi connectivity index (χ1) is 8.08. The fraction of sp³-hybridized carbons (Fsp3) is 0.214. The Morgan fingerprint density at radius 2 is 2.12 bits per heavy atom. The van der Waals surface area contributed by atoms with E-state index in [1.165, 1.54) is 0 Å². The van der Waals surface area contributed by atoms with Crippen molar-refractivity contribution < 1.29 is 5.11 Å².